The molecule has 1 aliphatic heterocycles. The summed E-state index contributed by atoms with van der Waals surface area (Å²) in [4.78, 5) is 26.9. The third-order valence-electron chi connectivity index (χ3n) is 5.18. The lowest BCUT2D eigenvalue weighted by Crippen LogP contribution is -2.37. The predicted octanol–water partition coefficient (Wildman–Crippen LogP) is 3.66. The molecule has 160 valence electrons. The highest BCUT2D eigenvalue weighted by molar-refractivity contribution is 6.05. The van der Waals surface area contributed by atoms with E-state index in [9.17, 15) is 9.59 Å². The van der Waals surface area contributed by atoms with Crippen LogP contribution in [0, 0.1) is 0 Å². The van der Waals surface area contributed by atoms with E-state index in [1.807, 2.05) is 24.3 Å². The van der Waals surface area contributed by atoms with Gasteiger partial charge in [-0.15, -0.1) is 0 Å². The topological polar surface area (TPSA) is 83.8 Å². The lowest BCUT2D eigenvalue weighted by atomic mass is 10.1. The molecule has 0 unspecified atom stereocenters. The average molecular weight is 419 g/mol. The third-order valence-corrected chi connectivity index (χ3v) is 5.18. The van der Waals surface area contributed by atoms with Crippen LogP contribution in [0.4, 0.5) is 11.4 Å². The van der Waals surface area contributed by atoms with Crippen molar-refractivity contribution < 1.29 is 18.7 Å². The van der Waals surface area contributed by atoms with E-state index in [1.165, 1.54) is 11.8 Å². The summed E-state index contributed by atoms with van der Waals surface area (Å²) in [5.41, 5.74) is 3.08. The maximum absolute atomic E-state index is 12.5. The van der Waals surface area contributed by atoms with Gasteiger partial charge in [0.25, 0.3) is 11.8 Å². The van der Waals surface area contributed by atoms with Crippen molar-refractivity contribution in [2.24, 2.45) is 0 Å². The van der Waals surface area contributed by atoms with Gasteiger partial charge in [0.05, 0.1) is 19.5 Å². The number of amides is 2. The summed E-state index contributed by atoms with van der Waals surface area (Å²) in [6.45, 7) is 4.60. The second-order valence-electron chi connectivity index (χ2n) is 7.36. The molecule has 0 aliphatic carbocycles. The van der Waals surface area contributed by atoms with Crippen LogP contribution >= 0.6 is 0 Å². The molecular formula is C24H25N3O4. The molecule has 2 heterocycles. The number of hydrogen-bond donors (Lipinski definition) is 2. The second-order valence-corrected chi connectivity index (χ2v) is 7.36. The van der Waals surface area contributed by atoms with Crippen LogP contribution in [0.3, 0.4) is 0 Å². The number of ether oxygens (including phenoxy) is 1. The van der Waals surface area contributed by atoms with Gasteiger partial charge in [-0.3, -0.25) is 14.5 Å². The molecule has 7 heteroatoms. The molecule has 0 bridgehead atoms. The van der Waals surface area contributed by atoms with E-state index < -0.39 is 0 Å². The van der Waals surface area contributed by atoms with E-state index in [-0.39, 0.29) is 17.6 Å². The first-order chi connectivity index (χ1) is 15.2. The smallest absolute Gasteiger partial charge is 0.291 e. The number of hydrogen-bond acceptors (Lipinski definition) is 5. The van der Waals surface area contributed by atoms with Crippen molar-refractivity contribution in [2.75, 3.05) is 43.5 Å². The summed E-state index contributed by atoms with van der Waals surface area (Å²) in [5.74, 6) is -0.309. The Hall–Kier alpha value is -3.42. The Morgan fingerprint density at radius 2 is 1.48 bits per heavy atom. The molecule has 2 aromatic carbocycles. The van der Waals surface area contributed by atoms with Crippen molar-refractivity contribution in [3.8, 4) is 0 Å². The van der Waals surface area contributed by atoms with Crippen LogP contribution in [0.15, 0.2) is 71.3 Å². The zero-order valence-corrected chi connectivity index (χ0v) is 17.2. The summed E-state index contributed by atoms with van der Waals surface area (Å²) in [5, 5.41) is 5.63. The Morgan fingerprint density at radius 3 is 2.13 bits per heavy atom. The molecule has 1 aromatic heterocycles. The second kappa shape index (κ2) is 10.1. The molecule has 1 aliphatic rings. The number of nitrogens with zero attached hydrogens (tertiary/aromatic N) is 1. The van der Waals surface area contributed by atoms with Crippen LogP contribution in [-0.2, 0) is 11.2 Å². The molecule has 7 nitrogen and oxygen atoms in total. The highest BCUT2D eigenvalue weighted by Gasteiger charge is 2.11. The zero-order valence-electron chi connectivity index (χ0n) is 17.2. The summed E-state index contributed by atoms with van der Waals surface area (Å²) in [6.07, 6.45) is 2.42. The minimum absolute atomic E-state index is 0.204. The van der Waals surface area contributed by atoms with Gasteiger partial charge in [0, 0.05) is 36.6 Å². The minimum atomic E-state index is -0.337. The van der Waals surface area contributed by atoms with Crippen LogP contribution in [0.5, 0.6) is 0 Å². The lowest BCUT2D eigenvalue weighted by Gasteiger charge is -2.26. The van der Waals surface area contributed by atoms with Gasteiger partial charge < -0.3 is 19.8 Å². The number of furan rings is 1. The third kappa shape index (κ3) is 5.81. The van der Waals surface area contributed by atoms with Gasteiger partial charge in [0.2, 0.25) is 0 Å². The van der Waals surface area contributed by atoms with Crippen LogP contribution in [0.2, 0.25) is 0 Å². The largest absolute Gasteiger partial charge is 0.459 e. The monoisotopic (exact) mass is 419 g/mol. The quantitative estimate of drug-likeness (QED) is 0.611. The average Bonchev–Trinajstić information content (AvgIpc) is 3.35. The summed E-state index contributed by atoms with van der Waals surface area (Å²) in [6, 6.07) is 17.9. The van der Waals surface area contributed by atoms with E-state index in [4.69, 9.17) is 9.15 Å². The van der Waals surface area contributed by atoms with Crippen LogP contribution in [0.25, 0.3) is 0 Å². The van der Waals surface area contributed by atoms with E-state index in [0.717, 1.165) is 45.0 Å². The van der Waals surface area contributed by atoms with E-state index in [0.29, 0.717) is 11.3 Å². The number of morpholine rings is 1. The van der Waals surface area contributed by atoms with Gasteiger partial charge in [-0.1, -0.05) is 12.1 Å². The minimum Gasteiger partial charge on any atom is -0.459 e. The molecule has 2 N–H and O–H groups in total. The molecule has 3 aromatic rings. The first-order valence-electron chi connectivity index (χ1n) is 10.3. The first kappa shape index (κ1) is 20.8. The molecular weight excluding hydrogens is 394 g/mol. The van der Waals surface area contributed by atoms with Gasteiger partial charge in [-0.2, -0.15) is 0 Å². The molecule has 1 fully saturated rings. The normalized spacial score (nSPS) is 14.2. The summed E-state index contributed by atoms with van der Waals surface area (Å²) >= 11 is 0. The number of carbonyl (C=O) groups is 2. The molecule has 0 radical (unpaired) electrons. The van der Waals surface area contributed by atoms with Gasteiger partial charge >= 0.3 is 0 Å². The molecule has 0 atom stereocenters. The van der Waals surface area contributed by atoms with Crippen molar-refractivity contribution in [3.05, 3.63) is 83.8 Å². The Labute approximate surface area is 181 Å². The number of carbonyl (C=O) groups excluding carboxylic acids is 2. The van der Waals surface area contributed by atoms with Crippen LogP contribution in [-0.4, -0.2) is 49.6 Å². The molecule has 31 heavy (non-hydrogen) atoms. The number of rotatable bonds is 7. The lowest BCUT2D eigenvalue weighted by molar-refractivity contribution is 0.0384. The van der Waals surface area contributed by atoms with Gasteiger partial charge in [-0.25, -0.2) is 0 Å². The Bertz CT molecular complexity index is 992. The van der Waals surface area contributed by atoms with Gasteiger partial charge in [0.15, 0.2) is 5.76 Å². The number of nitrogens with one attached hydrogen (secondary N) is 2. The van der Waals surface area contributed by atoms with Gasteiger partial charge in [-0.05, 0) is 60.5 Å². The van der Waals surface area contributed by atoms with Crippen LogP contribution in [0.1, 0.15) is 26.5 Å². The highest BCUT2D eigenvalue weighted by atomic mass is 16.5. The first-order valence-corrected chi connectivity index (χ1v) is 10.3. The van der Waals surface area contributed by atoms with Crippen LogP contribution < -0.4 is 10.6 Å². The zero-order chi connectivity index (χ0) is 21.5. The Balaban J connectivity index is 1.28. The van der Waals surface area contributed by atoms with Crippen molar-refractivity contribution in [1.82, 2.24) is 4.90 Å². The van der Waals surface area contributed by atoms with E-state index in [2.05, 4.69) is 15.5 Å². The summed E-state index contributed by atoms with van der Waals surface area (Å²) < 4.78 is 10.4. The molecule has 4 rings (SSSR count). The van der Waals surface area contributed by atoms with Crippen molar-refractivity contribution >= 4 is 23.2 Å². The highest BCUT2D eigenvalue weighted by Crippen LogP contribution is 2.15. The number of anilines is 2. The van der Waals surface area contributed by atoms with Crippen molar-refractivity contribution in [3.63, 3.8) is 0 Å². The fraction of sp³-hybridized carbons (Fsp3) is 0.250. The van der Waals surface area contributed by atoms with E-state index in [1.54, 1.807) is 36.4 Å². The van der Waals surface area contributed by atoms with Gasteiger partial charge in [0.1, 0.15) is 0 Å². The van der Waals surface area contributed by atoms with Crippen molar-refractivity contribution in [1.29, 1.82) is 0 Å². The standard InChI is InChI=1S/C24H25N3O4/c28-23(19-5-9-21(10-6-19)26-24(29)22-2-1-15-31-22)25-20-7-3-18(4-8-20)11-12-27-13-16-30-17-14-27/h1-10,15H,11-14,16-17H2,(H,25,28)(H,26,29). The fourth-order valence-corrected chi connectivity index (χ4v) is 3.38. The molecule has 1 saturated heterocycles. The fourth-order valence-electron chi connectivity index (χ4n) is 3.38. The SMILES string of the molecule is O=C(Nc1ccc(CCN2CCOCC2)cc1)c1ccc(NC(=O)c2ccco2)cc1. The maximum atomic E-state index is 12.5. The predicted molar refractivity (Wildman–Crippen MR) is 118 cm³/mol. The van der Waals surface area contributed by atoms with E-state index >= 15 is 0 Å². The van der Waals surface area contributed by atoms with Crippen molar-refractivity contribution in [2.45, 2.75) is 6.42 Å². The molecule has 0 saturated carbocycles. The number of benzene rings is 2. The Morgan fingerprint density at radius 1 is 0.839 bits per heavy atom. The molecule has 2 amide bonds. The molecule has 0 spiro atoms. The Kier molecular flexibility index (Phi) is 6.76. The maximum Gasteiger partial charge on any atom is 0.291 e. The summed E-state index contributed by atoms with van der Waals surface area (Å²) in [7, 11) is 0.